The number of rotatable bonds is 4. The van der Waals surface area contributed by atoms with E-state index in [1.807, 2.05) is 19.2 Å². The second-order valence-electron chi connectivity index (χ2n) is 5.95. The van der Waals surface area contributed by atoms with E-state index in [1.54, 1.807) is 29.2 Å². The van der Waals surface area contributed by atoms with E-state index >= 15 is 0 Å². The molecule has 0 fully saturated rings. The Morgan fingerprint density at radius 2 is 1.60 bits per heavy atom. The first-order valence-electron chi connectivity index (χ1n) is 7.89. The number of hydrogen-bond acceptors (Lipinski definition) is 2. The van der Waals surface area contributed by atoms with Gasteiger partial charge in [0.1, 0.15) is 11.6 Å². The molecule has 0 spiro atoms. The zero-order chi connectivity index (χ0) is 18.0. The van der Waals surface area contributed by atoms with Crippen molar-refractivity contribution in [2.45, 2.75) is 13.3 Å². The summed E-state index contributed by atoms with van der Waals surface area (Å²) in [5.74, 6) is -1.65. The van der Waals surface area contributed by atoms with Crippen LogP contribution in [0.2, 0.25) is 0 Å². The molecule has 0 aromatic heterocycles. The Labute approximate surface area is 144 Å². The highest BCUT2D eigenvalue weighted by molar-refractivity contribution is 5.79. The number of anilines is 1. The van der Waals surface area contributed by atoms with Crippen molar-refractivity contribution >= 4 is 17.2 Å². The Kier molecular flexibility index (Phi) is 4.65. The molecule has 25 heavy (non-hydrogen) atoms. The predicted octanol–water partition coefficient (Wildman–Crippen LogP) is 4.82. The van der Waals surface area contributed by atoms with Crippen LogP contribution in [0.3, 0.4) is 0 Å². The standard InChI is InChI=1S/C20H17F2NO2/c1-13-10-18(11-20(24)25)23(17-8-6-16(22)7-9-17)12-19(13)14-2-4-15(21)5-3-14/h2-10,12-13H,11H2,1H3,(H,24,25)/t13-/m1/s1. The Morgan fingerprint density at radius 1 is 1.04 bits per heavy atom. The molecule has 1 aliphatic rings. The second-order valence-corrected chi connectivity index (χ2v) is 5.95. The normalized spacial score (nSPS) is 17.1. The number of carboxylic acid groups (broad SMARTS) is 1. The molecule has 1 N–H and O–H groups in total. The average Bonchev–Trinajstić information content (AvgIpc) is 2.57. The summed E-state index contributed by atoms with van der Waals surface area (Å²) in [6.45, 7) is 1.96. The highest BCUT2D eigenvalue weighted by Crippen LogP contribution is 2.35. The molecule has 3 nitrogen and oxygen atoms in total. The lowest BCUT2D eigenvalue weighted by molar-refractivity contribution is -0.136. The van der Waals surface area contributed by atoms with Crippen LogP contribution in [-0.4, -0.2) is 11.1 Å². The van der Waals surface area contributed by atoms with Gasteiger partial charge in [-0.3, -0.25) is 4.79 Å². The first-order chi connectivity index (χ1) is 11.9. The largest absolute Gasteiger partial charge is 0.481 e. The molecule has 2 aromatic rings. The van der Waals surface area contributed by atoms with Crippen molar-refractivity contribution in [2.75, 3.05) is 4.90 Å². The highest BCUT2D eigenvalue weighted by atomic mass is 19.1. The molecule has 2 aromatic carbocycles. The van der Waals surface area contributed by atoms with Crippen LogP contribution in [0.15, 0.2) is 66.5 Å². The third kappa shape index (κ3) is 3.76. The minimum absolute atomic E-state index is 0.0310. The highest BCUT2D eigenvalue weighted by Gasteiger charge is 2.23. The van der Waals surface area contributed by atoms with Crippen LogP contribution in [-0.2, 0) is 4.79 Å². The Balaban J connectivity index is 2.04. The van der Waals surface area contributed by atoms with Gasteiger partial charge in [-0.15, -0.1) is 0 Å². The molecule has 0 bridgehead atoms. The molecule has 128 valence electrons. The van der Waals surface area contributed by atoms with Crippen molar-refractivity contribution in [1.29, 1.82) is 0 Å². The van der Waals surface area contributed by atoms with E-state index in [4.69, 9.17) is 0 Å². The van der Waals surface area contributed by atoms with Crippen molar-refractivity contribution in [1.82, 2.24) is 0 Å². The van der Waals surface area contributed by atoms with Crippen LogP contribution >= 0.6 is 0 Å². The molecule has 1 heterocycles. The van der Waals surface area contributed by atoms with E-state index in [0.29, 0.717) is 11.4 Å². The van der Waals surface area contributed by atoms with Crippen LogP contribution in [0.1, 0.15) is 18.9 Å². The molecule has 0 unspecified atom stereocenters. The predicted molar refractivity (Wildman–Crippen MR) is 92.8 cm³/mol. The summed E-state index contributed by atoms with van der Waals surface area (Å²) in [6, 6.07) is 12.0. The number of benzene rings is 2. The van der Waals surface area contributed by atoms with Gasteiger partial charge in [-0.2, -0.15) is 0 Å². The molecule has 0 radical (unpaired) electrons. The summed E-state index contributed by atoms with van der Waals surface area (Å²) in [4.78, 5) is 12.9. The SMILES string of the molecule is C[C@@H]1C=C(CC(=O)O)N(c2ccc(F)cc2)C=C1c1ccc(F)cc1. The van der Waals surface area contributed by atoms with Gasteiger partial charge in [-0.05, 0) is 47.5 Å². The van der Waals surface area contributed by atoms with Gasteiger partial charge >= 0.3 is 5.97 Å². The molecule has 0 amide bonds. The van der Waals surface area contributed by atoms with Gasteiger partial charge < -0.3 is 10.0 Å². The summed E-state index contributed by atoms with van der Waals surface area (Å²) in [5, 5.41) is 9.18. The summed E-state index contributed by atoms with van der Waals surface area (Å²) in [7, 11) is 0. The van der Waals surface area contributed by atoms with Crippen molar-refractivity contribution in [3.05, 3.63) is 83.7 Å². The summed E-state index contributed by atoms with van der Waals surface area (Å²) >= 11 is 0. The van der Waals surface area contributed by atoms with Crippen LogP contribution in [0.25, 0.3) is 5.57 Å². The molecule has 3 rings (SSSR count). The molecular formula is C20H17F2NO2. The van der Waals surface area contributed by atoms with Crippen LogP contribution in [0.5, 0.6) is 0 Å². The van der Waals surface area contributed by atoms with Crippen LogP contribution in [0.4, 0.5) is 14.5 Å². The van der Waals surface area contributed by atoms with Crippen molar-refractivity contribution in [2.24, 2.45) is 5.92 Å². The molecule has 0 aliphatic carbocycles. The molecule has 1 atom stereocenters. The fourth-order valence-corrected chi connectivity index (χ4v) is 2.92. The third-order valence-corrected chi connectivity index (χ3v) is 4.13. The average molecular weight is 341 g/mol. The van der Waals surface area contributed by atoms with Gasteiger partial charge in [0.05, 0.1) is 6.42 Å². The molecule has 0 saturated carbocycles. The van der Waals surface area contributed by atoms with Gasteiger partial charge in [0, 0.05) is 23.5 Å². The van der Waals surface area contributed by atoms with E-state index in [-0.39, 0.29) is 24.0 Å². The monoisotopic (exact) mass is 341 g/mol. The smallest absolute Gasteiger partial charge is 0.309 e. The van der Waals surface area contributed by atoms with Gasteiger partial charge in [-0.25, -0.2) is 8.78 Å². The van der Waals surface area contributed by atoms with E-state index in [2.05, 4.69) is 0 Å². The van der Waals surface area contributed by atoms with E-state index < -0.39 is 5.97 Å². The molecular weight excluding hydrogens is 324 g/mol. The van der Waals surface area contributed by atoms with E-state index in [1.165, 1.54) is 24.3 Å². The second kappa shape index (κ2) is 6.89. The van der Waals surface area contributed by atoms with Crippen LogP contribution in [0, 0.1) is 17.6 Å². The lowest BCUT2D eigenvalue weighted by Crippen LogP contribution is -2.23. The van der Waals surface area contributed by atoms with Crippen molar-refractivity contribution in [3.8, 4) is 0 Å². The molecule has 1 aliphatic heterocycles. The zero-order valence-corrected chi connectivity index (χ0v) is 13.6. The summed E-state index contributed by atoms with van der Waals surface area (Å²) in [5.41, 5.74) is 3.06. The zero-order valence-electron chi connectivity index (χ0n) is 13.6. The minimum Gasteiger partial charge on any atom is -0.481 e. The number of allylic oxidation sites excluding steroid dienone is 2. The number of carboxylic acids is 1. The number of aliphatic carboxylic acids is 1. The Hall–Kier alpha value is -2.95. The molecule has 5 heteroatoms. The van der Waals surface area contributed by atoms with E-state index in [9.17, 15) is 18.7 Å². The maximum absolute atomic E-state index is 13.2. The maximum atomic E-state index is 13.2. The lowest BCUT2D eigenvalue weighted by atomic mass is 9.90. The van der Waals surface area contributed by atoms with Gasteiger partial charge in [0.25, 0.3) is 0 Å². The topological polar surface area (TPSA) is 40.5 Å². The van der Waals surface area contributed by atoms with Crippen molar-refractivity contribution in [3.63, 3.8) is 0 Å². The lowest BCUT2D eigenvalue weighted by Gasteiger charge is -2.31. The fourth-order valence-electron chi connectivity index (χ4n) is 2.92. The number of nitrogens with zero attached hydrogens (tertiary/aromatic N) is 1. The van der Waals surface area contributed by atoms with Gasteiger partial charge in [0.15, 0.2) is 0 Å². The fraction of sp³-hybridized carbons (Fsp3) is 0.150. The Morgan fingerprint density at radius 3 is 2.16 bits per heavy atom. The number of halogens is 2. The van der Waals surface area contributed by atoms with Crippen molar-refractivity contribution < 1.29 is 18.7 Å². The third-order valence-electron chi connectivity index (χ3n) is 4.13. The molecule has 0 saturated heterocycles. The maximum Gasteiger partial charge on any atom is 0.309 e. The summed E-state index contributed by atoms with van der Waals surface area (Å²) < 4.78 is 26.4. The Bertz CT molecular complexity index is 839. The number of carbonyl (C=O) groups is 1. The first kappa shape index (κ1) is 16.9. The first-order valence-corrected chi connectivity index (χ1v) is 7.89. The summed E-state index contributed by atoms with van der Waals surface area (Å²) in [6.07, 6.45) is 3.56. The van der Waals surface area contributed by atoms with Gasteiger partial charge in [-0.1, -0.05) is 25.1 Å². The quantitative estimate of drug-likeness (QED) is 0.867. The van der Waals surface area contributed by atoms with Gasteiger partial charge in [0.2, 0.25) is 0 Å². The van der Waals surface area contributed by atoms with E-state index in [0.717, 1.165) is 11.1 Å². The number of hydrogen-bond donors (Lipinski definition) is 1. The minimum atomic E-state index is -0.941. The van der Waals surface area contributed by atoms with Crippen LogP contribution < -0.4 is 4.90 Å².